The number of sulfone groups is 1. The third-order valence-corrected chi connectivity index (χ3v) is 8.22. The van der Waals surface area contributed by atoms with E-state index in [2.05, 4.69) is 35.9 Å². The van der Waals surface area contributed by atoms with Crippen LogP contribution in [0.25, 0.3) is 11.0 Å². The summed E-state index contributed by atoms with van der Waals surface area (Å²) in [5.74, 6) is 0.897. The van der Waals surface area contributed by atoms with E-state index in [1.54, 1.807) is 4.68 Å². The van der Waals surface area contributed by atoms with E-state index in [9.17, 15) is 8.42 Å². The Hall–Kier alpha value is -1.22. The van der Waals surface area contributed by atoms with Gasteiger partial charge in [-0.1, -0.05) is 13.8 Å². The van der Waals surface area contributed by atoms with Gasteiger partial charge in [0.15, 0.2) is 15.5 Å². The van der Waals surface area contributed by atoms with E-state index < -0.39 is 14.6 Å². The molecule has 1 aliphatic heterocycles. The maximum Gasteiger partial charge on any atom is 0.164 e. The topological polar surface area (TPSA) is 81.0 Å². The Morgan fingerprint density at radius 2 is 2.00 bits per heavy atom. The van der Waals surface area contributed by atoms with E-state index in [1.165, 1.54) is 6.33 Å². The zero-order chi connectivity index (χ0) is 16.8. The number of fused-ring (bicyclic) bond motifs is 1. The van der Waals surface area contributed by atoms with E-state index in [0.29, 0.717) is 30.5 Å². The van der Waals surface area contributed by atoms with E-state index in [1.807, 2.05) is 20.9 Å². The fraction of sp³-hybridized carbons (Fsp3) is 0.643. The van der Waals surface area contributed by atoms with E-state index >= 15 is 0 Å². The van der Waals surface area contributed by atoms with E-state index in [-0.39, 0.29) is 5.75 Å². The lowest BCUT2D eigenvalue weighted by molar-refractivity contribution is 0.458. The van der Waals surface area contributed by atoms with Gasteiger partial charge in [-0.2, -0.15) is 5.10 Å². The molecule has 23 heavy (non-hydrogen) atoms. The second-order valence-electron chi connectivity index (χ2n) is 5.94. The highest BCUT2D eigenvalue weighted by molar-refractivity contribution is 9.10. The van der Waals surface area contributed by atoms with Gasteiger partial charge in [-0.3, -0.25) is 0 Å². The van der Waals surface area contributed by atoms with Crippen molar-refractivity contribution in [3.8, 4) is 0 Å². The van der Waals surface area contributed by atoms with Gasteiger partial charge in [-0.25, -0.2) is 23.1 Å². The molecule has 9 heteroatoms. The molecule has 3 heterocycles. The lowest BCUT2D eigenvalue weighted by Crippen LogP contribution is -2.56. The van der Waals surface area contributed by atoms with Gasteiger partial charge in [-0.05, 0) is 28.8 Å². The van der Waals surface area contributed by atoms with Crippen molar-refractivity contribution >= 4 is 42.6 Å². The standard InChI is InChI=1S/C14H20BrN5O2S/c1-4-14(5-2)8-20(6-7-23(14,21)22)13-10-11(15)18-19(3)12(10)16-9-17-13/h9H,4-8H2,1-3H3. The maximum absolute atomic E-state index is 12.6. The summed E-state index contributed by atoms with van der Waals surface area (Å²) in [6.07, 6.45) is 2.71. The zero-order valence-electron chi connectivity index (χ0n) is 13.5. The van der Waals surface area contributed by atoms with Crippen molar-refractivity contribution in [2.24, 2.45) is 7.05 Å². The Morgan fingerprint density at radius 1 is 1.30 bits per heavy atom. The van der Waals surface area contributed by atoms with Crippen molar-refractivity contribution in [1.29, 1.82) is 0 Å². The Bertz CT molecular complexity index is 844. The summed E-state index contributed by atoms with van der Waals surface area (Å²) in [7, 11) is -1.28. The summed E-state index contributed by atoms with van der Waals surface area (Å²) < 4.78 is 26.8. The van der Waals surface area contributed by atoms with Gasteiger partial charge < -0.3 is 4.90 Å². The smallest absolute Gasteiger partial charge is 0.164 e. The third-order valence-electron chi connectivity index (χ3n) is 4.91. The first kappa shape index (κ1) is 16.6. The van der Waals surface area contributed by atoms with Gasteiger partial charge in [0.2, 0.25) is 0 Å². The van der Waals surface area contributed by atoms with Crippen LogP contribution in [0.15, 0.2) is 10.9 Å². The molecule has 0 bridgehead atoms. The Morgan fingerprint density at radius 3 is 2.65 bits per heavy atom. The summed E-state index contributed by atoms with van der Waals surface area (Å²) in [6.45, 7) is 4.79. The van der Waals surface area contributed by atoms with Gasteiger partial charge in [0.1, 0.15) is 16.7 Å². The molecule has 0 saturated carbocycles. The van der Waals surface area contributed by atoms with Gasteiger partial charge in [0.05, 0.1) is 15.9 Å². The Labute approximate surface area is 144 Å². The number of hydrogen-bond donors (Lipinski definition) is 0. The monoisotopic (exact) mass is 401 g/mol. The van der Waals surface area contributed by atoms with Crippen molar-refractivity contribution < 1.29 is 8.42 Å². The van der Waals surface area contributed by atoms with Crippen LogP contribution in [0.1, 0.15) is 26.7 Å². The lowest BCUT2D eigenvalue weighted by atomic mass is 10.0. The highest BCUT2D eigenvalue weighted by atomic mass is 79.9. The minimum atomic E-state index is -3.10. The van der Waals surface area contributed by atoms with E-state index in [4.69, 9.17) is 0 Å². The molecular weight excluding hydrogens is 382 g/mol. The molecule has 1 saturated heterocycles. The van der Waals surface area contributed by atoms with Crippen molar-refractivity contribution in [3.05, 3.63) is 10.9 Å². The highest BCUT2D eigenvalue weighted by Gasteiger charge is 2.45. The molecule has 126 valence electrons. The first-order valence-corrected chi connectivity index (χ1v) is 10.1. The molecule has 7 nitrogen and oxygen atoms in total. The second-order valence-corrected chi connectivity index (χ2v) is 9.20. The van der Waals surface area contributed by atoms with Crippen LogP contribution in [0, 0.1) is 0 Å². The van der Waals surface area contributed by atoms with Crippen LogP contribution in [0.4, 0.5) is 5.82 Å². The quantitative estimate of drug-likeness (QED) is 0.781. The molecule has 0 N–H and O–H groups in total. The summed E-state index contributed by atoms with van der Waals surface area (Å²) in [5, 5.41) is 5.17. The molecule has 0 atom stereocenters. The van der Waals surface area contributed by atoms with Gasteiger partial charge >= 0.3 is 0 Å². The van der Waals surface area contributed by atoms with Gasteiger partial charge in [0, 0.05) is 20.1 Å². The molecule has 0 radical (unpaired) electrons. The van der Waals surface area contributed by atoms with Crippen LogP contribution < -0.4 is 4.90 Å². The third kappa shape index (κ3) is 2.44. The minimum Gasteiger partial charge on any atom is -0.353 e. The molecule has 1 aliphatic rings. The van der Waals surface area contributed by atoms with Gasteiger partial charge in [-0.15, -0.1) is 0 Å². The lowest BCUT2D eigenvalue weighted by Gasteiger charge is -2.42. The largest absolute Gasteiger partial charge is 0.353 e. The van der Waals surface area contributed by atoms with E-state index in [0.717, 1.165) is 16.9 Å². The molecule has 3 rings (SSSR count). The van der Waals surface area contributed by atoms with Crippen molar-refractivity contribution in [2.45, 2.75) is 31.4 Å². The van der Waals surface area contributed by atoms with Gasteiger partial charge in [0.25, 0.3) is 0 Å². The summed E-state index contributed by atoms with van der Waals surface area (Å²) >= 11 is 3.46. The van der Waals surface area contributed by atoms with Crippen molar-refractivity contribution in [1.82, 2.24) is 19.7 Å². The number of aryl methyl sites for hydroxylation is 1. The first-order valence-electron chi connectivity index (χ1n) is 7.65. The summed E-state index contributed by atoms with van der Waals surface area (Å²) in [5.41, 5.74) is 0.730. The van der Waals surface area contributed by atoms with Crippen LogP contribution in [-0.2, 0) is 16.9 Å². The van der Waals surface area contributed by atoms with Crippen molar-refractivity contribution in [2.75, 3.05) is 23.7 Å². The predicted molar refractivity (Wildman–Crippen MR) is 93.3 cm³/mol. The number of nitrogens with zero attached hydrogens (tertiary/aromatic N) is 5. The zero-order valence-corrected chi connectivity index (χ0v) is 15.9. The molecule has 0 aliphatic carbocycles. The number of aromatic nitrogens is 4. The normalized spacial score (nSPS) is 20.1. The van der Waals surface area contributed by atoms with Crippen LogP contribution in [0.2, 0.25) is 0 Å². The highest BCUT2D eigenvalue weighted by Crippen LogP contribution is 2.36. The number of rotatable bonds is 3. The maximum atomic E-state index is 12.6. The molecule has 0 amide bonds. The molecule has 0 unspecified atom stereocenters. The summed E-state index contributed by atoms with van der Waals surface area (Å²) in [6, 6.07) is 0. The fourth-order valence-electron chi connectivity index (χ4n) is 3.33. The van der Waals surface area contributed by atoms with Crippen molar-refractivity contribution in [3.63, 3.8) is 0 Å². The van der Waals surface area contributed by atoms with Crippen LogP contribution in [-0.4, -0.2) is 51.8 Å². The van der Waals surface area contributed by atoms with Crippen LogP contribution in [0.3, 0.4) is 0 Å². The molecular formula is C14H20BrN5O2S. The molecule has 0 spiro atoms. The molecule has 0 aromatic carbocycles. The summed E-state index contributed by atoms with van der Waals surface area (Å²) in [4.78, 5) is 10.8. The Kier molecular flexibility index (Phi) is 4.12. The average Bonchev–Trinajstić information content (AvgIpc) is 2.82. The molecule has 2 aromatic heterocycles. The number of hydrogen-bond acceptors (Lipinski definition) is 6. The molecule has 1 fully saturated rings. The molecule has 2 aromatic rings. The number of halogens is 1. The van der Waals surface area contributed by atoms with Crippen LogP contribution >= 0.6 is 15.9 Å². The predicted octanol–water partition coefficient (Wildman–Crippen LogP) is 1.92. The Balaban J connectivity index is 2.10. The second kappa shape index (κ2) is 5.70. The number of anilines is 1. The van der Waals surface area contributed by atoms with Crippen LogP contribution in [0.5, 0.6) is 0 Å². The SMILES string of the molecule is CCC1(CC)CN(c2ncnc3c2c(Br)nn3C)CCS1(=O)=O. The fourth-order valence-corrected chi connectivity index (χ4v) is 6.05. The average molecular weight is 402 g/mol. The minimum absolute atomic E-state index is 0.151. The first-order chi connectivity index (χ1) is 10.8.